The average Bonchev–Trinajstić information content (AvgIpc) is 3.37. The lowest BCUT2D eigenvalue weighted by Gasteiger charge is -2.03. The Bertz CT molecular complexity index is 860. The number of aromatic nitrogens is 4. The number of nitriles is 1. The Balaban J connectivity index is 1.65. The second-order valence-electron chi connectivity index (χ2n) is 5.37. The van der Waals surface area contributed by atoms with E-state index in [1.807, 2.05) is 41.1 Å². The van der Waals surface area contributed by atoms with Crippen molar-refractivity contribution in [2.75, 3.05) is 0 Å². The molecule has 0 spiro atoms. The predicted octanol–water partition coefficient (Wildman–Crippen LogP) is 3.56. The van der Waals surface area contributed by atoms with Crippen LogP contribution in [0.4, 0.5) is 0 Å². The van der Waals surface area contributed by atoms with E-state index in [9.17, 15) is 0 Å². The number of rotatable bonds is 4. The van der Waals surface area contributed by atoms with Crippen LogP contribution in [0.15, 0.2) is 58.8 Å². The summed E-state index contributed by atoms with van der Waals surface area (Å²) in [6.45, 7) is 0. The monoisotopic (exact) mass is 319 g/mol. The van der Waals surface area contributed by atoms with Crippen molar-refractivity contribution in [3.8, 4) is 11.8 Å². The third-order valence-electron chi connectivity index (χ3n) is 3.62. The number of pyridine rings is 1. The first kappa shape index (κ1) is 14.0. The maximum atomic E-state index is 8.83. The summed E-state index contributed by atoms with van der Waals surface area (Å²) in [5.74, 6) is 1.53. The van der Waals surface area contributed by atoms with Gasteiger partial charge in [0.25, 0.3) is 0 Å². The Hall–Kier alpha value is -2.65. The van der Waals surface area contributed by atoms with E-state index in [1.54, 1.807) is 12.3 Å². The van der Waals surface area contributed by atoms with Gasteiger partial charge in [-0.15, -0.1) is 5.10 Å². The molecule has 0 bridgehead atoms. The molecule has 0 unspecified atom stereocenters. The molecule has 2 heterocycles. The molecule has 0 saturated heterocycles. The molecule has 0 N–H and O–H groups in total. The maximum Gasteiger partial charge on any atom is 0.215 e. The van der Waals surface area contributed by atoms with Gasteiger partial charge in [-0.3, -0.25) is 0 Å². The van der Waals surface area contributed by atoms with Crippen molar-refractivity contribution in [2.24, 2.45) is 0 Å². The Morgan fingerprint density at radius 1 is 1.13 bits per heavy atom. The van der Waals surface area contributed by atoms with Crippen LogP contribution in [0.1, 0.15) is 30.1 Å². The molecule has 0 aliphatic heterocycles. The van der Waals surface area contributed by atoms with E-state index in [0.717, 1.165) is 16.5 Å². The zero-order valence-electron chi connectivity index (χ0n) is 12.3. The van der Waals surface area contributed by atoms with Gasteiger partial charge in [0.1, 0.15) is 16.9 Å². The van der Waals surface area contributed by atoms with E-state index >= 15 is 0 Å². The third kappa shape index (κ3) is 2.96. The fourth-order valence-electron chi connectivity index (χ4n) is 2.31. The Kier molecular flexibility index (Phi) is 3.56. The molecule has 1 aliphatic carbocycles. The highest BCUT2D eigenvalue weighted by atomic mass is 32.2. The van der Waals surface area contributed by atoms with Gasteiger partial charge in [0, 0.05) is 12.1 Å². The van der Waals surface area contributed by atoms with Crippen LogP contribution in [0, 0.1) is 11.3 Å². The highest BCUT2D eigenvalue weighted by Gasteiger charge is 2.30. The van der Waals surface area contributed by atoms with Gasteiger partial charge in [-0.2, -0.15) is 5.26 Å². The van der Waals surface area contributed by atoms with Crippen LogP contribution in [-0.4, -0.2) is 19.7 Å². The summed E-state index contributed by atoms with van der Waals surface area (Å²) in [5.41, 5.74) is 1.58. The molecule has 1 aliphatic rings. The van der Waals surface area contributed by atoms with E-state index in [0.29, 0.717) is 16.6 Å². The first-order valence-electron chi connectivity index (χ1n) is 7.40. The maximum absolute atomic E-state index is 8.83. The molecule has 0 atom stereocenters. The van der Waals surface area contributed by atoms with E-state index in [4.69, 9.17) is 10.2 Å². The lowest BCUT2D eigenvalue weighted by molar-refractivity contribution is 0.782. The van der Waals surface area contributed by atoms with Crippen molar-refractivity contribution in [3.63, 3.8) is 0 Å². The summed E-state index contributed by atoms with van der Waals surface area (Å²) in [7, 11) is 0. The predicted molar refractivity (Wildman–Crippen MR) is 86.4 cm³/mol. The minimum absolute atomic E-state index is 0.506. The van der Waals surface area contributed by atoms with Crippen LogP contribution in [0.3, 0.4) is 0 Å². The van der Waals surface area contributed by atoms with Gasteiger partial charge in [0.2, 0.25) is 5.16 Å². The second-order valence-corrected chi connectivity index (χ2v) is 6.36. The molecule has 1 saturated carbocycles. The molecule has 5 nitrogen and oxygen atoms in total. The molecular weight excluding hydrogens is 306 g/mol. The summed E-state index contributed by atoms with van der Waals surface area (Å²) >= 11 is 1.42. The zero-order valence-corrected chi connectivity index (χ0v) is 13.1. The summed E-state index contributed by atoms with van der Waals surface area (Å²) in [6.07, 6.45) is 3.91. The van der Waals surface area contributed by atoms with Crippen molar-refractivity contribution in [1.29, 1.82) is 5.26 Å². The molecule has 6 heteroatoms. The summed E-state index contributed by atoms with van der Waals surface area (Å²) in [4.78, 5) is 8.96. The number of para-hydroxylation sites is 1. The second kappa shape index (κ2) is 5.86. The molecule has 3 aromatic rings. The topological polar surface area (TPSA) is 67.4 Å². The van der Waals surface area contributed by atoms with E-state index in [2.05, 4.69) is 16.2 Å². The number of benzene rings is 1. The van der Waals surface area contributed by atoms with Gasteiger partial charge in [-0.25, -0.2) is 14.6 Å². The van der Waals surface area contributed by atoms with Crippen molar-refractivity contribution in [1.82, 2.24) is 19.7 Å². The van der Waals surface area contributed by atoms with Gasteiger partial charge >= 0.3 is 0 Å². The summed E-state index contributed by atoms with van der Waals surface area (Å²) in [6, 6.07) is 15.7. The minimum Gasteiger partial charge on any atom is -0.248 e. The van der Waals surface area contributed by atoms with E-state index in [1.165, 1.54) is 24.6 Å². The standard InChI is InChI=1S/C17H13N5S/c18-10-12-6-9-15(19-11-12)23-17-20-16(13-7-8-13)22(21-17)14-4-2-1-3-5-14/h1-6,9,11,13H,7-8H2. The quantitative estimate of drug-likeness (QED) is 0.735. The van der Waals surface area contributed by atoms with Crippen molar-refractivity contribution >= 4 is 11.8 Å². The van der Waals surface area contributed by atoms with Crippen LogP contribution >= 0.6 is 11.8 Å². The van der Waals surface area contributed by atoms with E-state index in [-0.39, 0.29) is 0 Å². The zero-order chi connectivity index (χ0) is 15.6. The van der Waals surface area contributed by atoms with Crippen molar-refractivity contribution in [3.05, 3.63) is 60.0 Å². The molecule has 0 radical (unpaired) electrons. The fraction of sp³-hybridized carbons (Fsp3) is 0.176. The Morgan fingerprint density at radius 2 is 1.96 bits per heavy atom. The molecule has 0 amide bonds. The van der Waals surface area contributed by atoms with Crippen molar-refractivity contribution < 1.29 is 0 Å². The van der Waals surface area contributed by atoms with Gasteiger partial charge in [0.15, 0.2) is 0 Å². The molecule has 4 rings (SSSR count). The molecule has 23 heavy (non-hydrogen) atoms. The molecule has 112 valence electrons. The van der Waals surface area contributed by atoms with Crippen LogP contribution in [0.25, 0.3) is 5.69 Å². The number of nitrogens with zero attached hydrogens (tertiary/aromatic N) is 5. The number of hydrogen-bond donors (Lipinski definition) is 0. The van der Waals surface area contributed by atoms with E-state index < -0.39 is 0 Å². The molecular formula is C17H13N5S. The van der Waals surface area contributed by atoms with Crippen LogP contribution in [0.2, 0.25) is 0 Å². The first-order chi connectivity index (χ1) is 11.3. The molecule has 1 aromatic carbocycles. The van der Waals surface area contributed by atoms with Crippen LogP contribution in [-0.2, 0) is 0 Å². The smallest absolute Gasteiger partial charge is 0.215 e. The Morgan fingerprint density at radius 3 is 2.61 bits per heavy atom. The molecule has 1 fully saturated rings. The van der Waals surface area contributed by atoms with Crippen LogP contribution < -0.4 is 0 Å². The SMILES string of the molecule is N#Cc1ccc(Sc2nc(C3CC3)n(-c3ccccc3)n2)nc1. The Labute approximate surface area is 138 Å². The fourth-order valence-corrected chi connectivity index (χ4v) is 3.00. The summed E-state index contributed by atoms with van der Waals surface area (Å²) < 4.78 is 1.93. The minimum atomic E-state index is 0.506. The van der Waals surface area contributed by atoms with Crippen LogP contribution in [0.5, 0.6) is 0 Å². The van der Waals surface area contributed by atoms with Gasteiger partial charge < -0.3 is 0 Å². The van der Waals surface area contributed by atoms with Gasteiger partial charge in [-0.1, -0.05) is 18.2 Å². The first-order valence-corrected chi connectivity index (χ1v) is 8.21. The van der Waals surface area contributed by atoms with Gasteiger partial charge in [-0.05, 0) is 48.9 Å². The lowest BCUT2D eigenvalue weighted by Crippen LogP contribution is -2.01. The van der Waals surface area contributed by atoms with Gasteiger partial charge in [0.05, 0.1) is 11.3 Å². The lowest BCUT2D eigenvalue weighted by atomic mass is 10.3. The summed E-state index contributed by atoms with van der Waals surface area (Å²) in [5, 5.41) is 14.9. The third-order valence-corrected chi connectivity index (χ3v) is 4.42. The normalized spacial score (nSPS) is 13.7. The van der Waals surface area contributed by atoms with Crippen molar-refractivity contribution in [2.45, 2.75) is 28.9 Å². The largest absolute Gasteiger partial charge is 0.248 e. The number of hydrogen-bond acceptors (Lipinski definition) is 5. The highest BCUT2D eigenvalue weighted by molar-refractivity contribution is 7.99. The average molecular weight is 319 g/mol. The molecule has 2 aromatic heterocycles. The highest BCUT2D eigenvalue weighted by Crippen LogP contribution is 2.40.